The van der Waals surface area contributed by atoms with Gasteiger partial charge >= 0.3 is 0 Å². The van der Waals surface area contributed by atoms with Crippen molar-refractivity contribution < 1.29 is 13.9 Å². The van der Waals surface area contributed by atoms with E-state index in [4.69, 9.17) is 20.8 Å². The molecule has 0 aliphatic heterocycles. The van der Waals surface area contributed by atoms with Gasteiger partial charge in [0.05, 0.1) is 12.7 Å². The number of rotatable bonds is 4. The summed E-state index contributed by atoms with van der Waals surface area (Å²) in [6.07, 6.45) is 0. The fourth-order valence-electron chi connectivity index (χ4n) is 2.93. The number of ether oxygens (including phenoxy) is 1. The predicted octanol–water partition coefficient (Wildman–Crippen LogP) is 5.72. The maximum absolute atomic E-state index is 12.8. The molecule has 0 unspecified atom stereocenters. The number of methoxy groups -OCH3 is 1. The lowest BCUT2D eigenvalue weighted by Crippen LogP contribution is -2.14. The summed E-state index contributed by atoms with van der Waals surface area (Å²) in [5, 5.41) is 3.39. The molecule has 1 N–H and O–H groups in total. The van der Waals surface area contributed by atoms with E-state index in [1.54, 1.807) is 18.2 Å². The van der Waals surface area contributed by atoms with E-state index in [0.717, 1.165) is 16.6 Å². The molecule has 0 saturated carbocycles. The van der Waals surface area contributed by atoms with Crippen LogP contribution in [0.1, 0.15) is 15.9 Å². The summed E-state index contributed by atoms with van der Waals surface area (Å²) in [6, 6.07) is 18.2. The third-order valence-electron chi connectivity index (χ3n) is 4.43. The van der Waals surface area contributed by atoms with Crippen LogP contribution < -0.4 is 10.1 Å². The number of benzene rings is 3. The minimum atomic E-state index is -0.308. The highest BCUT2D eigenvalue weighted by molar-refractivity contribution is 6.31. The largest absolute Gasteiger partial charge is 0.496 e. The summed E-state index contributed by atoms with van der Waals surface area (Å²) in [5.74, 6) is 0.642. The number of hydrogen-bond donors (Lipinski definition) is 1. The number of oxazole rings is 1. The lowest BCUT2D eigenvalue weighted by Gasteiger charge is -2.12. The molecular formula is C22H17ClN2O3. The Labute approximate surface area is 166 Å². The summed E-state index contributed by atoms with van der Waals surface area (Å²) < 4.78 is 11.1. The number of carbonyl (C=O) groups excluding carboxylic acids is 1. The third-order valence-corrected chi connectivity index (χ3v) is 4.67. The zero-order valence-corrected chi connectivity index (χ0v) is 16.1. The fraction of sp³-hybridized carbons (Fsp3) is 0.0909. The Bertz CT molecular complexity index is 1150. The van der Waals surface area contributed by atoms with Crippen LogP contribution in [0.4, 0.5) is 5.69 Å². The smallest absolute Gasteiger partial charge is 0.259 e. The first-order valence-electron chi connectivity index (χ1n) is 8.66. The molecule has 5 nitrogen and oxygen atoms in total. The van der Waals surface area contributed by atoms with Gasteiger partial charge in [-0.25, -0.2) is 4.98 Å². The minimum absolute atomic E-state index is 0.308. The Kier molecular flexibility index (Phi) is 4.75. The van der Waals surface area contributed by atoms with Crippen LogP contribution in [0.5, 0.6) is 5.75 Å². The van der Waals surface area contributed by atoms with Gasteiger partial charge in [0.25, 0.3) is 5.91 Å². The molecule has 0 fully saturated rings. The summed E-state index contributed by atoms with van der Waals surface area (Å²) in [4.78, 5) is 17.3. The average Bonchev–Trinajstić information content (AvgIpc) is 3.13. The van der Waals surface area contributed by atoms with E-state index in [1.165, 1.54) is 7.11 Å². The Hall–Kier alpha value is -3.31. The quantitative estimate of drug-likeness (QED) is 0.482. The number of carbonyl (C=O) groups is 1. The molecule has 0 radical (unpaired) electrons. The van der Waals surface area contributed by atoms with Crippen molar-refractivity contribution in [1.29, 1.82) is 0 Å². The fourth-order valence-corrected chi connectivity index (χ4v) is 3.10. The standard InChI is InChI=1S/C22H17ClN2O3/c1-13-7-8-14(22-25-17-5-3-4-6-20(17)28-22)11-18(13)24-21(26)16-12-15(23)9-10-19(16)27-2/h3-12H,1-2H3,(H,24,26). The second-order valence-electron chi connectivity index (χ2n) is 6.32. The van der Waals surface area contributed by atoms with Crippen LogP contribution in [0, 0.1) is 6.92 Å². The van der Waals surface area contributed by atoms with Crippen LogP contribution >= 0.6 is 11.6 Å². The summed E-state index contributed by atoms with van der Waals surface area (Å²) in [7, 11) is 1.51. The van der Waals surface area contributed by atoms with Crippen molar-refractivity contribution in [1.82, 2.24) is 4.98 Å². The second-order valence-corrected chi connectivity index (χ2v) is 6.75. The molecule has 4 rings (SSSR count). The summed E-state index contributed by atoms with van der Waals surface area (Å²) in [5.41, 5.74) is 4.21. The summed E-state index contributed by atoms with van der Waals surface area (Å²) >= 11 is 6.04. The third kappa shape index (κ3) is 3.44. The molecular weight excluding hydrogens is 376 g/mol. The van der Waals surface area contributed by atoms with Gasteiger partial charge in [-0.15, -0.1) is 0 Å². The monoisotopic (exact) mass is 392 g/mol. The number of aryl methyl sites for hydroxylation is 1. The van der Waals surface area contributed by atoms with E-state index >= 15 is 0 Å². The first kappa shape index (κ1) is 18.1. The van der Waals surface area contributed by atoms with Crippen molar-refractivity contribution in [3.63, 3.8) is 0 Å². The number of anilines is 1. The highest BCUT2D eigenvalue weighted by Crippen LogP contribution is 2.29. The molecule has 0 spiro atoms. The number of hydrogen-bond acceptors (Lipinski definition) is 4. The highest BCUT2D eigenvalue weighted by Gasteiger charge is 2.16. The lowest BCUT2D eigenvalue weighted by molar-refractivity contribution is 0.102. The Morgan fingerprint density at radius 2 is 1.93 bits per heavy atom. The van der Waals surface area contributed by atoms with Crippen LogP contribution in [0.15, 0.2) is 65.1 Å². The van der Waals surface area contributed by atoms with Gasteiger partial charge in [0.1, 0.15) is 11.3 Å². The second kappa shape index (κ2) is 7.37. The Morgan fingerprint density at radius 1 is 1.11 bits per heavy atom. The predicted molar refractivity (Wildman–Crippen MR) is 110 cm³/mol. The van der Waals surface area contributed by atoms with E-state index in [-0.39, 0.29) is 5.91 Å². The number of nitrogens with zero attached hydrogens (tertiary/aromatic N) is 1. The maximum Gasteiger partial charge on any atom is 0.259 e. The Balaban J connectivity index is 1.68. The number of halogens is 1. The zero-order chi connectivity index (χ0) is 19.7. The average molecular weight is 393 g/mol. The number of fused-ring (bicyclic) bond motifs is 1. The van der Waals surface area contributed by atoms with Gasteiger partial charge in [0.15, 0.2) is 5.58 Å². The van der Waals surface area contributed by atoms with Crippen molar-refractivity contribution in [3.05, 3.63) is 76.8 Å². The Morgan fingerprint density at radius 3 is 2.71 bits per heavy atom. The van der Waals surface area contributed by atoms with Crippen molar-refractivity contribution >= 4 is 34.3 Å². The van der Waals surface area contributed by atoms with Gasteiger partial charge in [-0.2, -0.15) is 0 Å². The molecule has 0 aliphatic carbocycles. The molecule has 0 bridgehead atoms. The van der Waals surface area contributed by atoms with E-state index in [9.17, 15) is 4.79 Å². The lowest BCUT2D eigenvalue weighted by atomic mass is 10.1. The van der Waals surface area contributed by atoms with E-state index in [2.05, 4.69) is 10.3 Å². The van der Waals surface area contributed by atoms with Gasteiger partial charge in [-0.1, -0.05) is 29.8 Å². The van der Waals surface area contributed by atoms with Gasteiger partial charge in [-0.3, -0.25) is 4.79 Å². The molecule has 140 valence electrons. The van der Waals surface area contributed by atoms with Crippen molar-refractivity contribution in [2.45, 2.75) is 6.92 Å². The van der Waals surface area contributed by atoms with Crippen LogP contribution in [0.2, 0.25) is 5.02 Å². The minimum Gasteiger partial charge on any atom is -0.496 e. The molecule has 0 atom stereocenters. The van der Waals surface area contributed by atoms with Crippen LogP contribution in [-0.4, -0.2) is 18.0 Å². The first-order chi connectivity index (χ1) is 13.5. The summed E-state index contributed by atoms with van der Waals surface area (Å²) in [6.45, 7) is 1.92. The van der Waals surface area contributed by atoms with Gasteiger partial charge in [0, 0.05) is 16.3 Å². The molecule has 0 saturated heterocycles. The molecule has 1 aromatic heterocycles. The molecule has 4 aromatic rings. The van der Waals surface area contributed by atoms with Crippen molar-refractivity contribution in [3.8, 4) is 17.2 Å². The molecule has 28 heavy (non-hydrogen) atoms. The SMILES string of the molecule is COc1ccc(Cl)cc1C(=O)Nc1cc(-c2nc3ccccc3o2)ccc1C. The van der Waals surface area contributed by atoms with Gasteiger partial charge in [-0.05, 0) is 55.0 Å². The number of nitrogens with one attached hydrogen (secondary N) is 1. The highest BCUT2D eigenvalue weighted by atomic mass is 35.5. The van der Waals surface area contributed by atoms with Crippen LogP contribution in [0.25, 0.3) is 22.6 Å². The topological polar surface area (TPSA) is 64.4 Å². The number of amides is 1. The first-order valence-corrected chi connectivity index (χ1v) is 9.04. The number of para-hydroxylation sites is 2. The van der Waals surface area contributed by atoms with E-state index in [1.807, 2.05) is 49.4 Å². The van der Waals surface area contributed by atoms with Crippen LogP contribution in [0.3, 0.4) is 0 Å². The van der Waals surface area contributed by atoms with E-state index in [0.29, 0.717) is 33.5 Å². The maximum atomic E-state index is 12.8. The van der Waals surface area contributed by atoms with Crippen molar-refractivity contribution in [2.24, 2.45) is 0 Å². The molecule has 6 heteroatoms. The molecule has 1 heterocycles. The van der Waals surface area contributed by atoms with Crippen LogP contribution in [-0.2, 0) is 0 Å². The normalized spacial score (nSPS) is 10.8. The molecule has 0 aliphatic rings. The number of aromatic nitrogens is 1. The van der Waals surface area contributed by atoms with E-state index < -0.39 is 0 Å². The molecule has 1 amide bonds. The zero-order valence-electron chi connectivity index (χ0n) is 15.3. The van der Waals surface area contributed by atoms with Gasteiger partial charge in [0.2, 0.25) is 5.89 Å². The van der Waals surface area contributed by atoms with Gasteiger partial charge < -0.3 is 14.5 Å². The van der Waals surface area contributed by atoms with Crippen molar-refractivity contribution in [2.75, 3.05) is 12.4 Å². The molecule has 3 aromatic carbocycles.